The normalized spacial score (nSPS) is 22.7. The molecule has 25 heavy (non-hydrogen) atoms. The summed E-state index contributed by atoms with van der Waals surface area (Å²) >= 11 is 22.9. The lowest BCUT2D eigenvalue weighted by Gasteiger charge is -2.25. The molecule has 2 aromatic carbocycles. The van der Waals surface area contributed by atoms with Crippen molar-refractivity contribution in [1.82, 2.24) is 4.90 Å². The molecule has 0 bridgehead atoms. The summed E-state index contributed by atoms with van der Waals surface area (Å²) in [5.41, 5.74) is 1.78. The minimum atomic E-state index is -0.249. The fraction of sp³-hybridized carbons (Fsp3) is 0.176. The van der Waals surface area contributed by atoms with Gasteiger partial charge < -0.3 is 4.90 Å². The quantitative estimate of drug-likeness (QED) is 0.537. The third kappa shape index (κ3) is 2.98. The van der Waals surface area contributed by atoms with E-state index in [1.54, 1.807) is 34.9 Å². The zero-order valence-electron chi connectivity index (χ0n) is 12.7. The van der Waals surface area contributed by atoms with Gasteiger partial charge in [0.05, 0.1) is 15.7 Å². The van der Waals surface area contributed by atoms with Crippen molar-refractivity contribution in [2.24, 2.45) is 0 Å². The van der Waals surface area contributed by atoms with Crippen LogP contribution in [0.2, 0.25) is 10.0 Å². The van der Waals surface area contributed by atoms with Gasteiger partial charge in [-0.15, -0.1) is 11.8 Å². The van der Waals surface area contributed by atoms with E-state index in [9.17, 15) is 4.79 Å². The Bertz CT molecular complexity index is 877. The van der Waals surface area contributed by atoms with Gasteiger partial charge in [0.1, 0.15) is 11.4 Å². The SMILES string of the molecule is O=C1[C@@H]2CS[C@@H](c3ccc(Br)cc3)N2C(=S)N1c1ccc(Cl)c(Cl)c1. The molecule has 0 radical (unpaired) electrons. The predicted octanol–water partition coefficient (Wildman–Crippen LogP) is 5.50. The third-order valence-corrected chi connectivity index (χ3v) is 7.22. The van der Waals surface area contributed by atoms with Gasteiger partial charge in [0.15, 0.2) is 5.11 Å². The Labute approximate surface area is 173 Å². The Morgan fingerprint density at radius 2 is 1.84 bits per heavy atom. The van der Waals surface area contributed by atoms with Gasteiger partial charge in [0, 0.05) is 10.2 Å². The second-order valence-corrected chi connectivity index (χ2v) is 8.92. The van der Waals surface area contributed by atoms with Crippen LogP contribution in [0, 0.1) is 0 Å². The Morgan fingerprint density at radius 3 is 2.52 bits per heavy atom. The van der Waals surface area contributed by atoms with Crippen LogP contribution in [0.3, 0.4) is 0 Å². The molecule has 0 aromatic heterocycles. The number of fused-ring (bicyclic) bond motifs is 1. The molecule has 2 aromatic rings. The summed E-state index contributed by atoms with van der Waals surface area (Å²) in [5.74, 6) is 0.688. The van der Waals surface area contributed by atoms with Crippen LogP contribution < -0.4 is 4.90 Å². The van der Waals surface area contributed by atoms with E-state index in [2.05, 4.69) is 28.1 Å². The summed E-state index contributed by atoms with van der Waals surface area (Å²) in [7, 11) is 0. The van der Waals surface area contributed by atoms with Crippen LogP contribution in [-0.4, -0.2) is 27.7 Å². The van der Waals surface area contributed by atoms with Crippen molar-refractivity contribution in [3.8, 4) is 0 Å². The number of nitrogens with zero attached hydrogens (tertiary/aromatic N) is 2. The molecule has 128 valence electrons. The lowest BCUT2D eigenvalue weighted by atomic mass is 10.2. The second-order valence-electron chi connectivity index (χ2n) is 5.71. The number of hydrogen-bond donors (Lipinski definition) is 0. The first-order valence-corrected chi connectivity index (χ1v) is 10.5. The number of amides is 1. The van der Waals surface area contributed by atoms with Crippen LogP contribution in [0.1, 0.15) is 10.9 Å². The van der Waals surface area contributed by atoms with Gasteiger partial charge >= 0.3 is 0 Å². The van der Waals surface area contributed by atoms with Crippen molar-refractivity contribution >= 4 is 79.8 Å². The number of rotatable bonds is 2. The maximum absolute atomic E-state index is 12.9. The summed E-state index contributed by atoms with van der Waals surface area (Å²) in [6, 6.07) is 13.0. The average molecular weight is 474 g/mol. The number of benzene rings is 2. The van der Waals surface area contributed by atoms with Crippen LogP contribution in [-0.2, 0) is 4.79 Å². The van der Waals surface area contributed by atoms with Crippen molar-refractivity contribution in [2.45, 2.75) is 11.4 Å². The smallest absolute Gasteiger partial charge is 0.257 e. The number of thioether (sulfide) groups is 1. The van der Waals surface area contributed by atoms with E-state index >= 15 is 0 Å². The Morgan fingerprint density at radius 1 is 1.12 bits per heavy atom. The maximum Gasteiger partial charge on any atom is 0.257 e. The highest BCUT2D eigenvalue weighted by molar-refractivity contribution is 9.10. The van der Waals surface area contributed by atoms with Crippen molar-refractivity contribution < 1.29 is 4.79 Å². The highest BCUT2D eigenvalue weighted by atomic mass is 79.9. The molecule has 0 aliphatic carbocycles. The molecule has 0 saturated carbocycles. The minimum Gasteiger partial charge on any atom is -0.319 e. The Kier molecular flexibility index (Phi) is 4.75. The fourth-order valence-electron chi connectivity index (χ4n) is 3.04. The Hall–Kier alpha value is -0.790. The summed E-state index contributed by atoms with van der Waals surface area (Å²) in [6.45, 7) is 0. The highest BCUT2D eigenvalue weighted by Gasteiger charge is 2.50. The van der Waals surface area contributed by atoms with Crippen molar-refractivity contribution in [3.63, 3.8) is 0 Å². The van der Waals surface area contributed by atoms with Crippen LogP contribution in [0.4, 0.5) is 5.69 Å². The molecule has 1 amide bonds. The maximum atomic E-state index is 12.9. The second kappa shape index (κ2) is 6.74. The molecule has 0 N–H and O–H groups in total. The first-order chi connectivity index (χ1) is 12.0. The summed E-state index contributed by atoms with van der Waals surface area (Å²) in [5, 5.41) is 1.39. The van der Waals surface area contributed by atoms with Crippen LogP contribution in [0.5, 0.6) is 0 Å². The molecular formula is C17H11BrCl2N2OS2. The molecule has 2 aliphatic rings. The lowest BCUT2D eigenvalue weighted by molar-refractivity contribution is -0.119. The molecule has 2 heterocycles. The highest BCUT2D eigenvalue weighted by Crippen LogP contribution is 2.46. The number of hydrogen-bond acceptors (Lipinski definition) is 3. The number of carbonyl (C=O) groups excluding carboxylic acids is 1. The summed E-state index contributed by atoms with van der Waals surface area (Å²) in [4.78, 5) is 16.5. The molecule has 8 heteroatoms. The van der Waals surface area contributed by atoms with Gasteiger partial charge in [-0.2, -0.15) is 0 Å². The van der Waals surface area contributed by atoms with Gasteiger partial charge in [0.25, 0.3) is 5.91 Å². The summed E-state index contributed by atoms with van der Waals surface area (Å²) < 4.78 is 1.02. The summed E-state index contributed by atoms with van der Waals surface area (Å²) in [6.07, 6.45) is 0. The van der Waals surface area contributed by atoms with E-state index in [4.69, 9.17) is 35.4 Å². The van der Waals surface area contributed by atoms with E-state index in [-0.39, 0.29) is 17.3 Å². The monoisotopic (exact) mass is 472 g/mol. The molecule has 0 spiro atoms. The van der Waals surface area contributed by atoms with E-state index in [0.717, 1.165) is 10.0 Å². The number of anilines is 1. The lowest BCUT2D eigenvalue weighted by Crippen LogP contribution is -2.33. The van der Waals surface area contributed by atoms with E-state index in [0.29, 0.717) is 26.6 Å². The molecular weight excluding hydrogens is 463 g/mol. The molecule has 2 saturated heterocycles. The molecule has 4 rings (SSSR count). The molecule has 2 fully saturated rings. The van der Waals surface area contributed by atoms with Crippen LogP contribution >= 0.6 is 63.1 Å². The number of halogens is 3. The van der Waals surface area contributed by atoms with Crippen molar-refractivity contribution in [1.29, 1.82) is 0 Å². The number of carbonyl (C=O) groups is 1. The third-order valence-electron chi connectivity index (χ3n) is 4.23. The molecule has 2 aliphatic heterocycles. The standard InChI is InChI=1S/C17H11BrCl2N2OS2/c18-10-3-1-9(2-4-10)16-22-14(8-25-16)15(23)21(17(22)24)11-5-6-12(19)13(20)7-11/h1-7,14,16H,8H2/t14-,16-/m0/s1. The average Bonchev–Trinajstić information content (AvgIpc) is 3.12. The van der Waals surface area contributed by atoms with E-state index < -0.39 is 0 Å². The van der Waals surface area contributed by atoms with Crippen LogP contribution in [0.15, 0.2) is 46.9 Å². The first-order valence-electron chi connectivity index (χ1n) is 7.46. The van der Waals surface area contributed by atoms with Gasteiger partial charge in [-0.25, -0.2) is 0 Å². The van der Waals surface area contributed by atoms with Gasteiger partial charge in [-0.3, -0.25) is 9.69 Å². The fourth-order valence-corrected chi connectivity index (χ4v) is 5.51. The zero-order valence-corrected chi connectivity index (χ0v) is 17.4. The Balaban J connectivity index is 1.68. The zero-order chi connectivity index (χ0) is 17.7. The van der Waals surface area contributed by atoms with Gasteiger partial charge in [-0.1, -0.05) is 51.3 Å². The minimum absolute atomic E-state index is 0.0181. The van der Waals surface area contributed by atoms with E-state index in [1.165, 1.54) is 0 Å². The van der Waals surface area contributed by atoms with Crippen LogP contribution in [0.25, 0.3) is 0 Å². The molecule has 0 unspecified atom stereocenters. The molecule has 2 atom stereocenters. The molecule has 3 nitrogen and oxygen atoms in total. The van der Waals surface area contributed by atoms with E-state index in [1.807, 2.05) is 17.0 Å². The first kappa shape index (κ1) is 17.6. The largest absolute Gasteiger partial charge is 0.319 e. The predicted molar refractivity (Wildman–Crippen MR) is 112 cm³/mol. The number of thiocarbonyl (C=S) groups is 1. The van der Waals surface area contributed by atoms with Gasteiger partial charge in [0.2, 0.25) is 0 Å². The van der Waals surface area contributed by atoms with Crippen molar-refractivity contribution in [3.05, 3.63) is 62.5 Å². The van der Waals surface area contributed by atoms with Gasteiger partial charge in [-0.05, 0) is 48.1 Å². The topological polar surface area (TPSA) is 23.6 Å². The van der Waals surface area contributed by atoms with Crippen molar-refractivity contribution in [2.75, 3.05) is 10.7 Å².